The maximum Gasteiger partial charge on any atom is 0.255 e. The number of carbonyl (C=O) groups excluding carboxylic acids is 1. The molecule has 2 aromatic rings. The van der Waals surface area contributed by atoms with Crippen LogP contribution < -0.4 is 10.1 Å². The van der Waals surface area contributed by atoms with Crippen molar-refractivity contribution in [2.45, 2.75) is 39.7 Å². The molecule has 1 amide bonds. The molecule has 1 N–H and O–H groups in total. The summed E-state index contributed by atoms with van der Waals surface area (Å²) in [5.41, 5.74) is 2.69. The van der Waals surface area contributed by atoms with Crippen LogP contribution in [0.15, 0.2) is 28.7 Å². The number of rotatable bonds is 6. The summed E-state index contributed by atoms with van der Waals surface area (Å²) < 4.78 is 11.2. The normalized spacial score (nSPS) is 15.8. The Balaban J connectivity index is 1.81. The van der Waals surface area contributed by atoms with Gasteiger partial charge >= 0.3 is 0 Å². The summed E-state index contributed by atoms with van der Waals surface area (Å²) in [6.07, 6.45) is 2.39. The summed E-state index contributed by atoms with van der Waals surface area (Å²) in [6, 6.07) is 8.17. The number of aryl methyl sites for hydroxylation is 2. The predicted molar refractivity (Wildman–Crippen MR) is 102 cm³/mol. The van der Waals surface area contributed by atoms with Crippen LogP contribution in [0, 0.1) is 20.8 Å². The molecule has 1 aromatic carbocycles. The molecule has 1 fully saturated rings. The first-order valence-corrected chi connectivity index (χ1v) is 9.24. The van der Waals surface area contributed by atoms with Gasteiger partial charge in [-0.2, -0.15) is 0 Å². The van der Waals surface area contributed by atoms with Crippen LogP contribution in [0.5, 0.6) is 5.75 Å². The highest BCUT2D eigenvalue weighted by molar-refractivity contribution is 5.96. The molecule has 0 aliphatic carbocycles. The molecule has 1 atom stereocenters. The molecule has 1 saturated heterocycles. The maximum atomic E-state index is 12.8. The lowest BCUT2D eigenvalue weighted by Gasteiger charge is -2.29. The molecular weight excluding hydrogens is 328 g/mol. The van der Waals surface area contributed by atoms with E-state index in [2.05, 4.69) is 16.3 Å². The van der Waals surface area contributed by atoms with Gasteiger partial charge in [0.05, 0.1) is 18.7 Å². The van der Waals surface area contributed by atoms with Crippen molar-refractivity contribution in [1.29, 1.82) is 0 Å². The number of likely N-dealkylation sites (tertiary alicyclic amines) is 1. The zero-order chi connectivity index (χ0) is 18.7. The van der Waals surface area contributed by atoms with E-state index in [1.165, 1.54) is 12.8 Å². The second-order valence-electron chi connectivity index (χ2n) is 6.93. The van der Waals surface area contributed by atoms with Crippen molar-refractivity contribution < 1.29 is 13.9 Å². The van der Waals surface area contributed by atoms with E-state index in [4.69, 9.17) is 9.15 Å². The van der Waals surface area contributed by atoms with Gasteiger partial charge in [0.15, 0.2) is 0 Å². The molecule has 26 heavy (non-hydrogen) atoms. The van der Waals surface area contributed by atoms with Gasteiger partial charge in [-0.3, -0.25) is 9.69 Å². The number of nitrogens with zero attached hydrogens (tertiary/aromatic N) is 1. The quantitative estimate of drug-likeness (QED) is 0.856. The van der Waals surface area contributed by atoms with Crippen molar-refractivity contribution in [1.82, 2.24) is 10.2 Å². The van der Waals surface area contributed by atoms with Crippen molar-refractivity contribution in [3.63, 3.8) is 0 Å². The molecule has 5 heteroatoms. The molecule has 0 saturated carbocycles. The van der Waals surface area contributed by atoms with Crippen LogP contribution in [-0.4, -0.2) is 37.6 Å². The third-order valence-electron chi connectivity index (χ3n) is 5.32. The minimum absolute atomic E-state index is 0.0732. The summed E-state index contributed by atoms with van der Waals surface area (Å²) in [5, 5.41) is 3.12. The molecule has 3 rings (SSSR count). The number of furan rings is 1. The topological polar surface area (TPSA) is 54.7 Å². The predicted octanol–water partition coefficient (Wildman–Crippen LogP) is 3.78. The van der Waals surface area contributed by atoms with E-state index in [1.54, 1.807) is 7.11 Å². The Hall–Kier alpha value is -2.27. The van der Waals surface area contributed by atoms with Crippen LogP contribution in [0.25, 0.3) is 0 Å². The molecule has 1 unspecified atom stereocenters. The monoisotopic (exact) mass is 356 g/mol. The van der Waals surface area contributed by atoms with E-state index < -0.39 is 0 Å². The molecule has 2 heterocycles. The summed E-state index contributed by atoms with van der Waals surface area (Å²) in [7, 11) is 1.69. The van der Waals surface area contributed by atoms with E-state index in [-0.39, 0.29) is 11.9 Å². The Kier molecular flexibility index (Phi) is 5.67. The lowest BCUT2D eigenvalue weighted by Crippen LogP contribution is -2.37. The van der Waals surface area contributed by atoms with E-state index in [1.807, 2.05) is 39.0 Å². The number of hydrogen-bond acceptors (Lipinski definition) is 4. The van der Waals surface area contributed by atoms with Crippen molar-refractivity contribution >= 4 is 5.91 Å². The Morgan fingerprint density at radius 2 is 1.88 bits per heavy atom. The fraction of sp³-hybridized carbons (Fsp3) is 0.476. The molecule has 0 bridgehead atoms. The lowest BCUT2D eigenvalue weighted by atomic mass is 10.0. The Morgan fingerprint density at radius 3 is 2.50 bits per heavy atom. The number of ether oxygens (including phenoxy) is 1. The number of carbonyl (C=O) groups is 1. The SMILES string of the molecule is COc1ccccc1C(CNC(=O)c1c(C)oc(C)c1C)N1CCCC1. The molecule has 1 aliphatic heterocycles. The van der Waals surface area contributed by atoms with Crippen LogP contribution in [0.4, 0.5) is 0 Å². The molecule has 0 spiro atoms. The standard InChI is InChI=1S/C21H28N2O3/c1-14-15(2)26-16(3)20(14)21(24)22-13-18(23-11-7-8-12-23)17-9-5-6-10-19(17)25-4/h5-6,9-10,18H,7-8,11-13H2,1-4H3,(H,22,24). The number of hydrogen-bond donors (Lipinski definition) is 1. The van der Waals surface area contributed by atoms with Crippen LogP contribution in [-0.2, 0) is 0 Å². The average Bonchev–Trinajstić information content (AvgIpc) is 3.24. The van der Waals surface area contributed by atoms with Crippen molar-refractivity contribution in [3.05, 3.63) is 52.5 Å². The minimum Gasteiger partial charge on any atom is -0.496 e. The van der Waals surface area contributed by atoms with Gasteiger partial charge in [-0.1, -0.05) is 18.2 Å². The second-order valence-corrected chi connectivity index (χ2v) is 6.93. The number of nitrogens with one attached hydrogen (secondary N) is 1. The first-order valence-electron chi connectivity index (χ1n) is 9.24. The van der Waals surface area contributed by atoms with Gasteiger partial charge in [-0.05, 0) is 52.8 Å². The number of methoxy groups -OCH3 is 1. The summed E-state index contributed by atoms with van der Waals surface area (Å²) >= 11 is 0. The van der Waals surface area contributed by atoms with Gasteiger partial charge in [0, 0.05) is 17.7 Å². The van der Waals surface area contributed by atoms with Gasteiger partial charge in [-0.25, -0.2) is 0 Å². The number of benzene rings is 1. The summed E-state index contributed by atoms with van der Waals surface area (Å²) in [4.78, 5) is 15.2. The number of para-hydroxylation sites is 1. The highest BCUT2D eigenvalue weighted by Gasteiger charge is 2.27. The van der Waals surface area contributed by atoms with Gasteiger partial charge in [0.2, 0.25) is 0 Å². The number of amides is 1. The fourth-order valence-corrected chi connectivity index (χ4v) is 3.84. The van der Waals surface area contributed by atoms with Crippen LogP contribution in [0.1, 0.15) is 51.9 Å². The van der Waals surface area contributed by atoms with E-state index in [9.17, 15) is 4.79 Å². The molecular formula is C21H28N2O3. The highest BCUT2D eigenvalue weighted by Crippen LogP contribution is 2.31. The summed E-state index contributed by atoms with van der Waals surface area (Å²) in [6.45, 7) is 8.29. The van der Waals surface area contributed by atoms with Crippen LogP contribution in [0.2, 0.25) is 0 Å². The molecule has 1 aromatic heterocycles. The fourth-order valence-electron chi connectivity index (χ4n) is 3.84. The maximum absolute atomic E-state index is 12.8. The van der Waals surface area contributed by atoms with Crippen molar-refractivity contribution in [3.8, 4) is 5.75 Å². The first-order chi connectivity index (χ1) is 12.5. The van der Waals surface area contributed by atoms with Crippen LogP contribution >= 0.6 is 0 Å². The third-order valence-corrected chi connectivity index (χ3v) is 5.32. The van der Waals surface area contributed by atoms with E-state index in [0.717, 1.165) is 35.7 Å². The van der Waals surface area contributed by atoms with Crippen LogP contribution in [0.3, 0.4) is 0 Å². The highest BCUT2D eigenvalue weighted by atomic mass is 16.5. The molecule has 140 valence electrons. The Morgan fingerprint density at radius 1 is 1.19 bits per heavy atom. The zero-order valence-corrected chi connectivity index (χ0v) is 16.1. The van der Waals surface area contributed by atoms with Crippen molar-refractivity contribution in [2.75, 3.05) is 26.7 Å². The summed E-state index contributed by atoms with van der Waals surface area (Å²) in [5.74, 6) is 2.27. The third kappa shape index (κ3) is 3.63. The second kappa shape index (κ2) is 7.96. The van der Waals surface area contributed by atoms with Gasteiger partial charge < -0.3 is 14.5 Å². The van der Waals surface area contributed by atoms with Gasteiger partial charge in [0.1, 0.15) is 17.3 Å². The molecule has 5 nitrogen and oxygen atoms in total. The van der Waals surface area contributed by atoms with E-state index >= 15 is 0 Å². The first kappa shape index (κ1) is 18.5. The van der Waals surface area contributed by atoms with Gasteiger partial charge in [-0.15, -0.1) is 0 Å². The Labute approximate surface area is 155 Å². The van der Waals surface area contributed by atoms with Gasteiger partial charge in [0.25, 0.3) is 5.91 Å². The minimum atomic E-state index is -0.0732. The molecule has 0 radical (unpaired) electrons. The van der Waals surface area contributed by atoms with Crippen molar-refractivity contribution in [2.24, 2.45) is 0 Å². The Bertz CT molecular complexity index is 776. The smallest absolute Gasteiger partial charge is 0.255 e. The molecule has 1 aliphatic rings. The largest absolute Gasteiger partial charge is 0.496 e. The van der Waals surface area contributed by atoms with E-state index in [0.29, 0.717) is 17.9 Å². The zero-order valence-electron chi connectivity index (χ0n) is 16.1. The lowest BCUT2D eigenvalue weighted by molar-refractivity contribution is 0.0935. The average molecular weight is 356 g/mol.